The van der Waals surface area contributed by atoms with E-state index in [0.29, 0.717) is 30.4 Å². The largest absolute Gasteiger partial charge is 0.391 e. The van der Waals surface area contributed by atoms with E-state index in [2.05, 4.69) is 20.9 Å². The van der Waals surface area contributed by atoms with Gasteiger partial charge in [-0.3, -0.25) is 14.4 Å². The van der Waals surface area contributed by atoms with E-state index in [1.54, 1.807) is 30.5 Å². The third-order valence-electron chi connectivity index (χ3n) is 8.00. The van der Waals surface area contributed by atoms with Crippen molar-refractivity contribution in [3.8, 4) is 0 Å². The molecule has 1 fully saturated rings. The second kappa shape index (κ2) is 10.2. The highest BCUT2D eigenvalue weighted by Gasteiger charge is 2.51. The van der Waals surface area contributed by atoms with Crippen molar-refractivity contribution >= 4 is 29.2 Å². The van der Waals surface area contributed by atoms with Crippen molar-refractivity contribution in [1.82, 2.24) is 15.2 Å². The number of amides is 3. The summed E-state index contributed by atoms with van der Waals surface area (Å²) in [5.41, 5.74) is 2.09. The number of hydrogen-bond donors (Lipinski definition) is 3. The van der Waals surface area contributed by atoms with Crippen LogP contribution in [-0.2, 0) is 32.6 Å². The minimum atomic E-state index is -4.66. The Morgan fingerprint density at radius 3 is 2.52 bits per heavy atom. The van der Waals surface area contributed by atoms with Crippen LogP contribution >= 0.6 is 0 Å². The van der Waals surface area contributed by atoms with Crippen LogP contribution in [-0.4, -0.2) is 52.9 Å². The standard InChI is InChI=1S/C29H24F5N5O3/c30-18-6-16(7-19(31)9-18)23-13-36-22(12-29(32,33)34)26(41)39(23)14-24(40)37-20-4-3-15-10-28(11-17(15)8-20)21-2-1-5-35-25(21)38-27(28)42/h1-9,22-23,36H,10-14H2,(H,37,40)(H,35,38,42)/t22-,23+,28+/m0/s1. The molecule has 3 aliphatic rings. The topological polar surface area (TPSA) is 103 Å². The lowest BCUT2D eigenvalue weighted by Crippen LogP contribution is -2.58. The van der Waals surface area contributed by atoms with Gasteiger partial charge in [0.25, 0.3) is 0 Å². The average molecular weight is 586 g/mol. The lowest BCUT2D eigenvalue weighted by molar-refractivity contribution is -0.160. The number of fused-ring (bicyclic) bond motifs is 3. The number of pyridine rings is 1. The molecule has 6 rings (SSSR count). The number of carbonyl (C=O) groups is 3. The second-order valence-electron chi connectivity index (χ2n) is 10.8. The minimum absolute atomic E-state index is 0.000881. The van der Waals surface area contributed by atoms with Crippen molar-refractivity contribution in [2.24, 2.45) is 0 Å². The Labute approximate surface area is 236 Å². The van der Waals surface area contributed by atoms with Gasteiger partial charge in [-0.1, -0.05) is 12.1 Å². The molecular weight excluding hydrogens is 561 g/mol. The summed E-state index contributed by atoms with van der Waals surface area (Å²) >= 11 is 0. The molecule has 3 heterocycles. The Morgan fingerprint density at radius 2 is 1.79 bits per heavy atom. The summed E-state index contributed by atoms with van der Waals surface area (Å²) in [6.45, 7) is -0.901. The van der Waals surface area contributed by atoms with Crippen molar-refractivity contribution in [2.45, 2.75) is 42.9 Å². The van der Waals surface area contributed by atoms with Gasteiger partial charge in [-0.05, 0) is 59.9 Å². The summed E-state index contributed by atoms with van der Waals surface area (Å²) < 4.78 is 67.3. The van der Waals surface area contributed by atoms with Crippen LogP contribution in [0.25, 0.3) is 0 Å². The fraction of sp³-hybridized carbons (Fsp3) is 0.310. The Balaban J connectivity index is 1.22. The van der Waals surface area contributed by atoms with Crippen molar-refractivity contribution in [3.63, 3.8) is 0 Å². The first-order valence-electron chi connectivity index (χ1n) is 13.2. The van der Waals surface area contributed by atoms with Gasteiger partial charge in [0, 0.05) is 30.1 Å². The van der Waals surface area contributed by atoms with Gasteiger partial charge in [0.05, 0.1) is 23.9 Å². The van der Waals surface area contributed by atoms with Crippen LogP contribution in [0.1, 0.15) is 34.7 Å². The summed E-state index contributed by atoms with van der Waals surface area (Å²) in [5, 5.41) is 8.00. The molecule has 1 aliphatic carbocycles. The normalized spacial score (nSPS) is 23.1. The zero-order chi connectivity index (χ0) is 29.8. The van der Waals surface area contributed by atoms with Crippen LogP contribution < -0.4 is 16.0 Å². The predicted octanol–water partition coefficient (Wildman–Crippen LogP) is 3.78. The SMILES string of the molecule is O=C(CN1C(=O)[C@H](CC(F)(F)F)NC[C@@H]1c1cc(F)cc(F)c1)Nc1ccc2c(c1)C[C@@]1(C2)C(=O)Nc2ncccc21. The van der Waals surface area contributed by atoms with Crippen LogP contribution in [0.5, 0.6) is 0 Å². The fourth-order valence-electron chi connectivity index (χ4n) is 6.15. The number of nitrogens with zero attached hydrogens (tertiary/aromatic N) is 2. The monoisotopic (exact) mass is 585 g/mol. The number of hydrogen-bond acceptors (Lipinski definition) is 5. The van der Waals surface area contributed by atoms with E-state index < -0.39 is 60.1 Å². The van der Waals surface area contributed by atoms with E-state index in [1.807, 2.05) is 6.07 Å². The summed E-state index contributed by atoms with van der Waals surface area (Å²) in [7, 11) is 0. The zero-order valence-corrected chi connectivity index (χ0v) is 21.9. The molecule has 0 bridgehead atoms. The fourth-order valence-corrected chi connectivity index (χ4v) is 6.15. The Bertz CT molecular complexity index is 1590. The first kappa shape index (κ1) is 27.8. The number of benzene rings is 2. The Morgan fingerprint density at radius 1 is 1.05 bits per heavy atom. The minimum Gasteiger partial charge on any atom is -0.325 e. The number of carbonyl (C=O) groups excluding carboxylic acids is 3. The van der Waals surface area contributed by atoms with Gasteiger partial charge in [0.15, 0.2) is 0 Å². The molecule has 8 nitrogen and oxygen atoms in total. The van der Waals surface area contributed by atoms with E-state index in [4.69, 9.17) is 0 Å². The van der Waals surface area contributed by atoms with Gasteiger partial charge >= 0.3 is 6.18 Å². The number of anilines is 2. The third-order valence-corrected chi connectivity index (χ3v) is 8.00. The third kappa shape index (κ3) is 5.08. The Kier molecular flexibility index (Phi) is 6.71. The second-order valence-corrected chi connectivity index (χ2v) is 10.8. The van der Waals surface area contributed by atoms with Gasteiger partial charge < -0.3 is 20.9 Å². The first-order valence-corrected chi connectivity index (χ1v) is 13.2. The molecule has 0 saturated carbocycles. The maximum Gasteiger partial charge on any atom is 0.391 e. The molecule has 1 saturated heterocycles. The highest BCUT2D eigenvalue weighted by molar-refractivity contribution is 6.06. The molecule has 3 atom stereocenters. The quantitative estimate of drug-likeness (QED) is 0.396. The predicted molar refractivity (Wildman–Crippen MR) is 140 cm³/mol. The van der Waals surface area contributed by atoms with Crippen LogP contribution in [0.2, 0.25) is 0 Å². The van der Waals surface area contributed by atoms with E-state index in [9.17, 15) is 36.3 Å². The van der Waals surface area contributed by atoms with Crippen LogP contribution in [0.3, 0.4) is 0 Å². The van der Waals surface area contributed by atoms with Gasteiger partial charge in [0.1, 0.15) is 24.0 Å². The number of aromatic nitrogens is 1. The number of rotatable bonds is 5. The summed E-state index contributed by atoms with van der Waals surface area (Å²) in [5.74, 6) is -3.23. The van der Waals surface area contributed by atoms with Crippen molar-refractivity contribution < 1.29 is 36.3 Å². The molecule has 0 unspecified atom stereocenters. The number of nitrogens with one attached hydrogen (secondary N) is 3. The molecule has 3 N–H and O–H groups in total. The highest BCUT2D eigenvalue weighted by Crippen LogP contribution is 2.47. The zero-order valence-electron chi connectivity index (χ0n) is 21.9. The summed E-state index contributed by atoms with van der Waals surface area (Å²) in [6.07, 6.45) is -3.71. The molecule has 2 aliphatic heterocycles. The van der Waals surface area contributed by atoms with Crippen molar-refractivity contribution in [2.75, 3.05) is 23.7 Å². The first-order chi connectivity index (χ1) is 19.9. The molecule has 0 radical (unpaired) electrons. The maximum absolute atomic E-state index is 14.0. The van der Waals surface area contributed by atoms with E-state index in [1.165, 1.54) is 0 Å². The van der Waals surface area contributed by atoms with Crippen molar-refractivity contribution in [3.05, 3.63) is 88.6 Å². The van der Waals surface area contributed by atoms with Gasteiger partial charge in [-0.2, -0.15) is 13.2 Å². The van der Waals surface area contributed by atoms with Crippen LogP contribution in [0.4, 0.5) is 33.5 Å². The molecule has 3 aromatic rings. The summed E-state index contributed by atoms with van der Waals surface area (Å²) in [4.78, 5) is 44.4. The van der Waals surface area contributed by atoms with E-state index in [-0.39, 0.29) is 18.0 Å². The molecule has 2 aromatic carbocycles. The highest BCUT2D eigenvalue weighted by atomic mass is 19.4. The van der Waals surface area contributed by atoms with Gasteiger partial charge in [-0.15, -0.1) is 0 Å². The lowest BCUT2D eigenvalue weighted by atomic mass is 9.79. The molecule has 1 spiro atoms. The smallest absolute Gasteiger partial charge is 0.325 e. The molecule has 1 aromatic heterocycles. The van der Waals surface area contributed by atoms with E-state index >= 15 is 0 Å². The molecule has 13 heteroatoms. The number of alkyl halides is 3. The van der Waals surface area contributed by atoms with Gasteiger partial charge in [-0.25, -0.2) is 13.8 Å². The van der Waals surface area contributed by atoms with Gasteiger partial charge in [0.2, 0.25) is 17.7 Å². The molecule has 42 heavy (non-hydrogen) atoms. The van der Waals surface area contributed by atoms with Crippen molar-refractivity contribution in [1.29, 1.82) is 0 Å². The Hall–Kier alpha value is -4.39. The molecular formula is C29H24F5N5O3. The average Bonchev–Trinajstić information content (AvgIpc) is 3.42. The molecule has 218 valence electrons. The summed E-state index contributed by atoms with van der Waals surface area (Å²) in [6, 6.07) is 8.59. The number of piperazine rings is 1. The van der Waals surface area contributed by atoms with Crippen LogP contribution in [0.15, 0.2) is 54.7 Å². The lowest BCUT2D eigenvalue weighted by Gasteiger charge is -2.40. The molecule has 3 amide bonds. The van der Waals surface area contributed by atoms with Crippen LogP contribution in [0, 0.1) is 11.6 Å². The maximum atomic E-state index is 14.0. The number of halogens is 5. The van der Waals surface area contributed by atoms with E-state index in [0.717, 1.165) is 33.7 Å².